The molecular weight excluding hydrogens is 270 g/mol. The van der Waals surface area contributed by atoms with Gasteiger partial charge in [0.15, 0.2) is 5.11 Å². The summed E-state index contributed by atoms with van der Waals surface area (Å²) in [6, 6.07) is 8.08. The van der Waals surface area contributed by atoms with Crippen LogP contribution in [0.5, 0.6) is 0 Å². The van der Waals surface area contributed by atoms with Crippen LogP contribution in [-0.4, -0.2) is 28.5 Å². The molecule has 0 spiro atoms. The molecule has 0 saturated carbocycles. The van der Waals surface area contributed by atoms with Crippen molar-refractivity contribution in [2.24, 2.45) is 0 Å². The molecule has 1 aliphatic heterocycles. The van der Waals surface area contributed by atoms with Crippen LogP contribution in [0.3, 0.4) is 0 Å². The van der Waals surface area contributed by atoms with Gasteiger partial charge < -0.3 is 15.5 Å². The van der Waals surface area contributed by atoms with Gasteiger partial charge in [-0.2, -0.15) is 0 Å². The smallest absolute Gasteiger partial charge is 0.221 e. The Morgan fingerprint density at radius 1 is 1.20 bits per heavy atom. The number of thiocarbonyl (C=S) groups is 1. The molecule has 1 aliphatic rings. The third-order valence-electron chi connectivity index (χ3n) is 3.52. The first-order valence-corrected chi connectivity index (χ1v) is 7.42. The molecule has 1 heterocycles. The molecule has 1 aromatic rings. The number of piperidine rings is 1. The van der Waals surface area contributed by atoms with Gasteiger partial charge in [-0.1, -0.05) is 0 Å². The zero-order valence-corrected chi connectivity index (χ0v) is 12.8. The van der Waals surface area contributed by atoms with Gasteiger partial charge in [0.05, 0.1) is 0 Å². The van der Waals surface area contributed by atoms with Crippen LogP contribution in [0.25, 0.3) is 0 Å². The van der Waals surface area contributed by atoms with Gasteiger partial charge in [0.2, 0.25) is 5.91 Å². The first kappa shape index (κ1) is 14.8. The van der Waals surface area contributed by atoms with Gasteiger partial charge in [-0.3, -0.25) is 4.79 Å². The van der Waals surface area contributed by atoms with Crippen LogP contribution in [0.2, 0.25) is 0 Å². The summed E-state index contributed by atoms with van der Waals surface area (Å²) in [7, 11) is 0. The highest BCUT2D eigenvalue weighted by molar-refractivity contribution is 7.80. The van der Waals surface area contributed by atoms with Crippen molar-refractivity contribution < 1.29 is 4.79 Å². The number of benzene rings is 1. The number of nitrogens with one attached hydrogen (secondary N) is 2. The first-order valence-electron chi connectivity index (χ1n) is 7.01. The number of carbonyl (C=O) groups is 1. The Balaban J connectivity index is 1.95. The number of hydrogen-bond acceptors (Lipinski definition) is 2. The minimum Gasteiger partial charge on any atom is -0.346 e. The third kappa shape index (κ3) is 3.93. The molecule has 1 saturated heterocycles. The van der Waals surface area contributed by atoms with E-state index in [4.69, 9.17) is 12.2 Å². The summed E-state index contributed by atoms with van der Waals surface area (Å²) in [5.74, 6) is -0.0663. The second kappa shape index (κ2) is 6.70. The fourth-order valence-corrected chi connectivity index (χ4v) is 2.82. The van der Waals surface area contributed by atoms with Crippen molar-refractivity contribution in [3.05, 3.63) is 24.3 Å². The minimum atomic E-state index is -0.0663. The molecular formula is C15H21N3OS. The summed E-state index contributed by atoms with van der Waals surface area (Å²) in [5, 5.41) is 6.79. The lowest BCUT2D eigenvalue weighted by Crippen LogP contribution is -2.44. The summed E-state index contributed by atoms with van der Waals surface area (Å²) in [5.41, 5.74) is 1.74. The Hall–Kier alpha value is -1.62. The summed E-state index contributed by atoms with van der Waals surface area (Å²) in [6.45, 7) is 4.74. The Morgan fingerprint density at radius 2 is 1.80 bits per heavy atom. The van der Waals surface area contributed by atoms with Crippen molar-refractivity contribution >= 4 is 34.6 Å². The Labute approximate surface area is 125 Å². The van der Waals surface area contributed by atoms with E-state index in [1.165, 1.54) is 26.2 Å². The summed E-state index contributed by atoms with van der Waals surface area (Å²) < 4.78 is 0. The van der Waals surface area contributed by atoms with Crippen LogP contribution in [0.15, 0.2) is 24.3 Å². The normalized spacial score (nSPS) is 18.5. The largest absolute Gasteiger partial charge is 0.346 e. The van der Waals surface area contributed by atoms with E-state index in [9.17, 15) is 4.79 Å². The van der Waals surface area contributed by atoms with Gasteiger partial charge in [-0.25, -0.2) is 0 Å². The lowest BCUT2D eigenvalue weighted by atomic mass is 10.0. The van der Waals surface area contributed by atoms with Gasteiger partial charge in [0.1, 0.15) is 0 Å². The molecule has 1 aromatic carbocycles. The Bertz CT molecular complexity index is 486. The van der Waals surface area contributed by atoms with E-state index in [1.54, 1.807) is 0 Å². The Kier molecular flexibility index (Phi) is 4.95. The number of likely N-dealkylation sites (tertiary alicyclic amines) is 1. The molecule has 2 N–H and O–H groups in total. The second-order valence-corrected chi connectivity index (χ2v) is 5.61. The van der Waals surface area contributed by atoms with Crippen molar-refractivity contribution in [3.8, 4) is 0 Å². The summed E-state index contributed by atoms with van der Waals surface area (Å²) in [6.07, 6.45) is 3.68. The molecule has 0 aliphatic carbocycles. The molecule has 0 bridgehead atoms. The monoisotopic (exact) mass is 291 g/mol. The predicted octanol–water partition coefficient (Wildman–Crippen LogP) is 3.22. The van der Waals surface area contributed by atoms with Gasteiger partial charge in [0, 0.05) is 30.9 Å². The molecule has 5 heteroatoms. The number of amides is 1. The van der Waals surface area contributed by atoms with Gasteiger partial charge in [0.25, 0.3) is 0 Å². The molecule has 0 radical (unpaired) electrons. The van der Waals surface area contributed by atoms with Crippen LogP contribution in [-0.2, 0) is 4.79 Å². The van der Waals surface area contributed by atoms with Crippen LogP contribution in [0, 0.1) is 0 Å². The SMILES string of the molecule is CC(=O)Nc1ccc(NC(=S)N2CCCC[C@H]2C)cc1. The van der Waals surface area contributed by atoms with E-state index in [-0.39, 0.29) is 5.91 Å². The topological polar surface area (TPSA) is 44.4 Å². The van der Waals surface area contributed by atoms with E-state index < -0.39 is 0 Å². The van der Waals surface area contributed by atoms with Crippen LogP contribution in [0.1, 0.15) is 33.1 Å². The molecule has 1 fully saturated rings. The molecule has 2 rings (SSSR count). The highest BCUT2D eigenvalue weighted by atomic mass is 32.1. The minimum absolute atomic E-state index is 0.0663. The summed E-state index contributed by atoms with van der Waals surface area (Å²) >= 11 is 5.48. The van der Waals surface area contributed by atoms with Crippen LogP contribution >= 0.6 is 12.2 Å². The van der Waals surface area contributed by atoms with Crippen LogP contribution in [0.4, 0.5) is 11.4 Å². The standard InChI is InChI=1S/C15H21N3OS/c1-11-5-3-4-10-18(11)15(20)17-14-8-6-13(7-9-14)16-12(2)19/h6-9,11H,3-5,10H2,1-2H3,(H,16,19)(H,17,20)/t11-/m1/s1. The molecule has 0 unspecified atom stereocenters. The molecule has 1 atom stereocenters. The maximum absolute atomic E-state index is 11.0. The first-order chi connectivity index (χ1) is 9.56. The maximum Gasteiger partial charge on any atom is 0.221 e. The Morgan fingerprint density at radius 3 is 2.35 bits per heavy atom. The van der Waals surface area contributed by atoms with Gasteiger partial charge in [-0.15, -0.1) is 0 Å². The van der Waals surface area contributed by atoms with E-state index in [2.05, 4.69) is 22.5 Å². The van der Waals surface area contributed by atoms with E-state index in [0.29, 0.717) is 6.04 Å². The fourth-order valence-electron chi connectivity index (χ4n) is 2.44. The molecule has 1 amide bonds. The number of nitrogens with zero attached hydrogens (tertiary/aromatic N) is 1. The molecule has 108 valence electrons. The third-order valence-corrected chi connectivity index (χ3v) is 3.86. The molecule has 0 aromatic heterocycles. The van der Waals surface area contributed by atoms with E-state index in [1.807, 2.05) is 24.3 Å². The lowest BCUT2D eigenvalue weighted by molar-refractivity contribution is -0.114. The average molecular weight is 291 g/mol. The van der Waals surface area contributed by atoms with Gasteiger partial charge >= 0.3 is 0 Å². The second-order valence-electron chi connectivity index (χ2n) is 5.23. The summed E-state index contributed by atoms with van der Waals surface area (Å²) in [4.78, 5) is 13.2. The molecule has 20 heavy (non-hydrogen) atoms. The number of hydrogen-bond donors (Lipinski definition) is 2. The number of anilines is 2. The number of carbonyl (C=O) groups excluding carboxylic acids is 1. The zero-order valence-electron chi connectivity index (χ0n) is 12.0. The highest BCUT2D eigenvalue weighted by Crippen LogP contribution is 2.19. The van der Waals surface area contributed by atoms with Crippen molar-refractivity contribution in [2.45, 2.75) is 39.2 Å². The van der Waals surface area contributed by atoms with Crippen molar-refractivity contribution in [1.29, 1.82) is 0 Å². The molecule has 4 nitrogen and oxygen atoms in total. The van der Waals surface area contributed by atoms with E-state index >= 15 is 0 Å². The zero-order chi connectivity index (χ0) is 14.5. The van der Waals surface area contributed by atoms with Crippen molar-refractivity contribution in [2.75, 3.05) is 17.2 Å². The maximum atomic E-state index is 11.0. The van der Waals surface area contributed by atoms with Crippen LogP contribution < -0.4 is 10.6 Å². The highest BCUT2D eigenvalue weighted by Gasteiger charge is 2.20. The predicted molar refractivity (Wildman–Crippen MR) is 87.0 cm³/mol. The average Bonchev–Trinajstić information content (AvgIpc) is 2.41. The lowest BCUT2D eigenvalue weighted by Gasteiger charge is -2.35. The quantitative estimate of drug-likeness (QED) is 0.821. The van der Waals surface area contributed by atoms with Crippen molar-refractivity contribution in [3.63, 3.8) is 0 Å². The van der Waals surface area contributed by atoms with Crippen molar-refractivity contribution in [1.82, 2.24) is 4.90 Å². The van der Waals surface area contributed by atoms with Gasteiger partial charge in [-0.05, 0) is 62.7 Å². The van der Waals surface area contributed by atoms with E-state index in [0.717, 1.165) is 23.0 Å². The number of rotatable bonds is 2. The fraction of sp³-hybridized carbons (Fsp3) is 0.467.